The fraction of sp³-hybridized carbons (Fsp3) is 0.350. The second kappa shape index (κ2) is 7.35. The number of hydrogen-bond donors (Lipinski definition) is 0. The highest BCUT2D eigenvalue weighted by atomic mass is 16.5. The first-order valence-corrected chi connectivity index (χ1v) is 8.84. The van der Waals surface area contributed by atoms with E-state index in [1.165, 1.54) is 11.1 Å². The van der Waals surface area contributed by atoms with Gasteiger partial charge in [0.1, 0.15) is 6.10 Å². The normalized spacial score (nSPS) is 21.0. The van der Waals surface area contributed by atoms with E-state index in [4.69, 9.17) is 9.15 Å². The van der Waals surface area contributed by atoms with E-state index < -0.39 is 0 Å². The van der Waals surface area contributed by atoms with Gasteiger partial charge in [0, 0.05) is 39.0 Å². The van der Waals surface area contributed by atoms with Crippen LogP contribution in [0.15, 0.2) is 53.2 Å². The molecule has 4 rings (SSSR count). The summed E-state index contributed by atoms with van der Waals surface area (Å²) in [6.45, 7) is 6.34. The number of rotatable bonds is 4. The van der Waals surface area contributed by atoms with Crippen molar-refractivity contribution in [3.05, 3.63) is 66.1 Å². The monoisotopic (exact) mass is 350 g/mol. The minimum atomic E-state index is -0.179. The predicted molar refractivity (Wildman–Crippen MR) is 97.3 cm³/mol. The Morgan fingerprint density at radius 3 is 2.77 bits per heavy atom. The highest BCUT2D eigenvalue weighted by Gasteiger charge is 2.30. The van der Waals surface area contributed by atoms with Gasteiger partial charge >= 0.3 is 0 Å². The zero-order valence-corrected chi connectivity index (χ0v) is 15.0. The summed E-state index contributed by atoms with van der Waals surface area (Å²) in [7, 11) is 0. The largest absolute Gasteiger partial charge is 0.423 e. The molecule has 1 aliphatic heterocycles. The number of ether oxygens (including phenoxy) is 1. The van der Waals surface area contributed by atoms with Crippen LogP contribution in [0.25, 0.3) is 11.1 Å². The van der Waals surface area contributed by atoms with Crippen LogP contribution in [-0.4, -0.2) is 39.3 Å². The van der Waals surface area contributed by atoms with Crippen LogP contribution in [0.1, 0.15) is 30.4 Å². The molecule has 0 amide bonds. The minimum absolute atomic E-state index is 0.113. The number of nitrogens with zero attached hydrogens (tertiary/aromatic N) is 4. The lowest BCUT2D eigenvalue weighted by atomic mass is 10.0. The van der Waals surface area contributed by atoms with Gasteiger partial charge in [-0.2, -0.15) is 0 Å². The number of benzene rings is 1. The van der Waals surface area contributed by atoms with Crippen molar-refractivity contribution in [2.24, 2.45) is 0 Å². The zero-order chi connectivity index (χ0) is 17.9. The van der Waals surface area contributed by atoms with Crippen LogP contribution in [0.3, 0.4) is 0 Å². The maximum Gasteiger partial charge on any atom is 0.246 e. The molecular formula is C20H22N4O2. The molecule has 3 heterocycles. The van der Waals surface area contributed by atoms with Crippen LogP contribution < -0.4 is 0 Å². The van der Waals surface area contributed by atoms with Crippen LogP contribution >= 0.6 is 0 Å². The average Bonchev–Trinajstić information content (AvgIpc) is 3.09. The first-order valence-electron chi connectivity index (χ1n) is 8.84. The molecule has 6 heteroatoms. The summed E-state index contributed by atoms with van der Waals surface area (Å²) in [4.78, 5) is 6.59. The van der Waals surface area contributed by atoms with Gasteiger partial charge in [0.05, 0.1) is 6.10 Å². The standard InChI is InChI=1S/C20H22N4O2/c1-14-11-24(13-19(25-14)20-23-22-15(2)26-20)12-16-5-3-6-17(9-16)18-7-4-8-21-10-18/h3-10,14,19H,11-13H2,1-2H3/t14-,19-/m1/s1. The van der Waals surface area contributed by atoms with E-state index in [-0.39, 0.29) is 12.2 Å². The Bertz CT molecular complexity index is 865. The van der Waals surface area contributed by atoms with E-state index in [1.54, 1.807) is 13.1 Å². The van der Waals surface area contributed by atoms with E-state index in [2.05, 4.69) is 57.3 Å². The Kier molecular flexibility index (Phi) is 4.77. The number of aromatic nitrogens is 3. The molecule has 0 spiro atoms. The quantitative estimate of drug-likeness (QED) is 0.718. The molecule has 0 saturated carbocycles. The highest BCUT2D eigenvalue weighted by Crippen LogP contribution is 2.26. The molecule has 1 fully saturated rings. The summed E-state index contributed by atoms with van der Waals surface area (Å²) in [5, 5.41) is 8.04. The Balaban J connectivity index is 1.49. The van der Waals surface area contributed by atoms with Crippen molar-refractivity contribution in [3.8, 4) is 11.1 Å². The molecule has 3 aromatic rings. The van der Waals surface area contributed by atoms with Gasteiger partial charge in [-0.15, -0.1) is 10.2 Å². The first kappa shape index (κ1) is 16.9. The number of pyridine rings is 1. The zero-order valence-electron chi connectivity index (χ0n) is 15.0. The van der Waals surface area contributed by atoms with Crippen LogP contribution in [-0.2, 0) is 11.3 Å². The second-order valence-electron chi connectivity index (χ2n) is 6.73. The summed E-state index contributed by atoms with van der Waals surface area (Å²) < 4.78 is 11.6. The molecule has 1 aliphatic rings. The molecule has 2 aromatic heterocycles. The fourth-order valence-corrected chi connectivity index (χ4v) is 3.39. The van der Waals surface area contributed by atoms with Gasteiger partial charge in [-0.05, 0) is 35.7 Å². The van der Waals surface area contributed by atoms with E-state index >= 15 is 0 Å². The molecule has 0 aliphatic carbocycles. The molecule has 1 saturated heterocycles. The highest BCUT2D eigenvalue weighted by molar-refractivity contribution is 5.62. The van der Waals surface area contributed by atoms with Crippen LogP contribution in [0.2, 0.25) is 0 Å². The van der Waals surface area contributed by atoms with Gasteiger partial charge < -0.3 is 9.15 Å². The summed E-state index contributed by atoms with van der Waals surface area (Å²) >= 11 is 0. The third-order valence-electron chi connectivity index (χ3n) is 4.48. The van der Waals surface area contributed by atoms with E-state index in [0.717, 1.165) is 25.2 Å². The summed E-state index contributed by atoms with van der Waals surface area (Å²) in [5.74, 6) is 1.13. The Morgan fingerprint density at radius 2 is 2.00 bits per heavy atom. The van der Waals surface area contributed by atoms with E-state index in [9.17, 15) is 0 Å². The lowest BCUT2D eigenvalue weighted by molar-refractivity contribution is -0.0917. The molecule has 1 aromatic carbocycles. The van der Waals surface area contributed by atoms with Crippen LogP contribution in [0.4, 0.5) is 0 Å². The van der Waals surface area contributed by atoms with Gasteiger partial charge in [0.15, 0.2) is 0 Å². The number of hydrogen-bond acceptors (Lipinski definition) is 6. The van der Waals surface area contributed by atoms with Crippen molar-refractivity contribution < 1.29 is 9.15 Å². The second-order valence-corrected chi connectivity index (χ2v) is 6.73. The Labute approximate surface area is 152 Å². The van der Waals surface area contributed by atoms with E-state index in [0.29, 0.717) is 11.8 Å². The summed E-state index contributed by atoms with van der Waals surface area (Å²) in [6, 6.07) is 12.6. The smallest absolute Gasteiger partial charge is 0.246 e. The third kappa shape index (κ3) is 3.81. The van der Waals surface area contributed by atoms with Crippen molar-refractivity contribution in [1.82, 2.24) is 20.1 Å². The maximum atomic E-state index is 6.00. The van der Waals surface area contributed by atoms with Crippen LogP contribution in [0.5, 0.6) is 0 Å². The average molecular weight is 350 g/mol. The van der Waals surface area contributed by atoms with Crippen LogP contribution in [0, 0.1) is 6.92 Å². The molecule has 2 atom stereocenters. The lowest BCUT2D eigenvalue weighted by Gasteiger charge is -2.35. The van der Waals surface area contributed by atoms with E-state index in [1.807, 2.05) is 12.3 Å². The minimum Gasteiger partial charge on any atom is -0.423 e. The molecule has 6 nitrogen and oxygen atoms in total. The van der Waals surface area contributed by atoms with Crippen molar-refractivity contribution in [2.75, 3.05) is 13.1 Å². The number of morpholine rings is 1. The lowest BCUT2D eigenvalue weighted by Crippen LogP contribution is -2.42. The molecule has 26 heavy (non-hydrogen) atoms. The fourth-order valence-electron chi connectivity index (χ4n) is 3.39. The molecular weight excluding hydrogens is 328 g/mol. The van der Waals surface area contributed by atoms with Gasteiger partial charge in [-0.1, -0.05) is 24.3 Å². The Morgan fingerprint density at radius 1 is 1.12 bits per heavy atom. The molecule has 0 N–H and O–H groups in total. The summed E-state index contributed by atoms with van der Waals surface area (Å²) in [5.41, 5.74) is 3.57. The van der Waals surface area contributed by atoms with Crippen molar-refractivity contribution in [3.63, 3.8) is 0 Å². The molecule has 0 unspecified atom stereocenters. The number of aryl methyl sites for hydroxylation is 1. The molecule has 134 valence electrons. The van der Waals surface area contributed by atoms with Crippen molar-refractivity contribution in [2.45, 2.75) is 32.6 Å². The molecule has 0 radical (unpaired) electrons. The SMILES string of the molecule is Cc1nnc([C@H]2CN(Cc3cccc(-c4cccnc4)c3)C[C@@H](C)O2)o1. The predicted octanol–water partition coefficient (Wildman–Crippen LogP) is 3.40. The van der Waals surface area contributed by atoms with Gasteiger partial charge in [-0.3, -0.25) is 9.88 Å². The topological polar surface area (TPSA) is 64.3 Å². The summed E-state index contributed by atoms with van der Waals surface area (Å²) in [6.07, 6.45) is 3.62. The van der Waals surface area contributed by atoms with Crippen molar-refractivity contribution in [1.29, 1.82) is 0 Å². The van der Waals surface area contributed by atoms with Gasteiger partial charge in [0.25, 0.3) is 0 Å². The van der Waals surface area contributed by atoms with Crippen molar-refractivity contribution >= 4 is 0 Å². The third-order valence-corrected chi connectivity index (χ3v) is 4.48. The maximum absolute atomic E-state index is 6.00. The molecule has 0 bridgehead atoms. The first-order chi connectivity index (χ1) is 12.7. The van der Waals surface area contributed by atoms with Gasteiger partial charge in [-0.25, -0.2) is 0 Å². The Hall–Kier alpha value is -2.57. The van der Waals surface area contributed by atoms with Gasteiger partial charge in [0.2, 0.25) is 11.8 Å².